The number of allylic oxidation sites excluding steroid dienone is 1. The van der Waals surface area contributed by atoms with E-state index in [9.17, 15) is 4.79 Å². The summed E-state index contributed by atoms with van der Waals surface area (Å²) in [6, 6.07) is 8.88. The highest BCUT2D eigenvalue weighted by molar-refractivity contribution is 6.02. The first kappa shape index (κ1) is 24.1. The number of ether oxygens (including phenoxy) is 1. The average Bonchev–Trinajstić information content (AvgIpc) is 3.04. The monoisotopic (exact) mass is 459 g/mol. The number of nitrogens with one attached hydrogen (secondary N) is 1. The third kappa shape index (κ3) is 5.06. The second-order valence-corrected chi connectivity index (χ2v) is 9.68. The molecule has 4 rings (SSSR count). The van der Waals surface area contributed by atoms with Crippen LogP contribution in [0.4, 0.5) is 0 Å². The molecule has 1 aliphatic carbocycles. The third-order valence-corrected chi connectivity index (χ3v) is 6.98. The molecule has 1 aromatic heterocycles. The predicted octanol–water partition coefficient (Wildman–Crippen LogP) is 7.67. The van der Waals surface area contributed by atoms with Crippen LogP contribution in [0.3, 0.4) is 0 Å². The Balaban J connectivity index is 1.74. The molecule has 1 amide bonds. The van der Waals surface area contributed by atoms with Gasteiger partial charge in [0.25, 0.3) is 0 Å². The molecule has 0 spiro atoms. The topological polar surface area (TPSA) is 51.5 Å². The molecule has 0 atom stereocenters. The molecule has 180 valence electrons. The van der Waals surface area contributed by atoms with Gasteiger partial charge >= 0.3 is 0 Å². The molecule has 0 radical (unpaired) electrons. The Morgan fingerprint density at radius 2 is 1.82 bits per heavy atom. The zero-order valence-corrected chi connectivity index (χ0v) is 21.2. The lowest BCUT2D eigenvalue weighted by atomic mass is 9.94. The highest BCUT2D eigenvalue weighted by Crippen LogP contribution is 2.41. The van der Waals surface area contributed by atoms with Crippen molar-refractivity contribution in [1.29, 1.82) is 0 Å². The Hall–Kier alpha value is -3.01. The van der Waals surface area contributed by atoms with Gasteiger partial charge < -0.3 is 14.5 Å². The van der Waals surface area contributed by atoms with Crippen molar-refractivity contribution in [2.75, 3.05) is 6.61 Å². The van der Waals surface area contributed by atoms with E-state index in [2.05, 4.69) is 43.4 Å². The van der Waals surface area contributed by atoms with Crippen molar-refractivity contribution < 1.29 is 13.9 Å². The van der Waals surface area contributed by atoms with Crippen LogP contribution < -0.4 is 10.1 Å². The molecule has 34 heavy (non-hydrogen) atoms. The van der Waals surface area contributed by atoms with Gasteiger partial charge in [0.1, 0.15) is 11.3 Å². The number of fused-ring (bicyclic) bond motifs is 1. The Bertz CT molecular complexity index is 1210. The molecule has 0 bridgehead atoms. The molecule has 3 aromatic rings. The van der Waals surface area contributed by atoms with E-state index in [4.69, 9.17) is 9.15 Å². The van der Waals surface area contributed by atoms with Crippen molar-refractivity contribution in [1.82, 2.24) is 5.32 Å². The van der Waals surface area contributed by atoms with Crippen LogP contribution in [-0.2, 0) is 4.79 Å². The Kier molecular flexibility index (Phi) is 7.45. The normalized spacial score (nSPS) is 15.4. The maximum atomic E-state index is 12.9. The number of hydrogen-bond acceptors (Lipinski definition) is 3. The van der Waals surface area contributed by atoms with Crippen LogP contribution in [0.15, 0.2) is 41.0 Å². The standard InChI is InChI=1S/C30H37NO3/c1-6-33-29-22(5)30-26(27(18-34-30)24-14-13-19(2)15-20(24)3)17-25(29)21(4)16-28(32)31-23-11-9-7-8-10-12-23/h13-18,23H,6-12H2,1-5H3,(H,31,32)/b21-16+. The summed E-state index contributed by atoms with van der Waals surface area (Å²) in [6.07, 6.45) is 10.6. The lowest BCUT2D eigenvalue weighted by Crippen LogP contribution is -2.33. The Labute approximate surface area is 203 Å². The molecular formula is C30H37NO3. The first-order valence-corrected chi connectivity index (χ1v) is 12.6. The Morgan fingerprint density at radius 1 is 1.09 bits per heavy atom. The van der Waals surface area contributed by atoms with Crippen LogP contribution in [-0.4, -0.2) is 18.6 Å². The van der Waals surface area contributed by atoms with Gasteiger partial charge in [-0.3, -0.25) is 4.79 Å². The SMILES string of the molecule is CCOc1c(/C(C)=C/C(=O)NC2CCCCCC2)cc2c(-c3ccc(C)cc3C)coc2c1C. The summed E-state index contributed by atoms with van der Waals surface area (Å²) in [6.45, 7) is 10.8. The van der Waals surface area contributed by atoms with E-state index in [1.54, 1.807) is 6.08 Å². The van der Waals surface area contributed by atoms with Crippen LogP contribution in [0.2, 0.25) is 0 Å². The maximum absolute atomic E-state index is 12.9. The Morgan fingerprint density at radius 3 is 2.50 bits per heavy atom. The van der Waals surface area contributed by atoms with Crippen LogP contribution in [0, 0.1) is 20.8 Å². The smallest absolute Gasteiger partial charge is 0.244 e. The number of aryl methyl sites for hydroxylation is 3. The molecule has 1 fully saturated rings. The second kappa shape index (κ2) is 10.5. The predicted molar refractivity (Wildman–Crippen MR) is 140 cm³/mol. The maximum Gasteiger partial charge on any atom is 0.244 e. The van der Waals surface area contributed by atoms with Crippen molar-refractivity contribution in [3.63, 3.8) is 0 Å². The van der Waals surface area contributed by atoms with Gasteiger partial charge in [-0.2, -0.15) is 0 Å². The summed E-state index contributed by atoms with van der Waals surface area (Å²) in [5.41, 5.74) is 8.30. The van der Waals surface area contributed by atoms with Gasteiger partial charge in [0.05, 0.1) is 12.9 Å². The quantitative estimate of drug-likeness (QED) is 0.304. The van der Waals surface area contributed by atoms with Crippen molar-refractivity contribution in [3.8, 4) is 16.9 Å². The van der Waals surface area contributed by atoms with E-state index in [0.29, 0.717) is 6.61 Å². The average molecular weight is 460 g/mol. The van der Waals surface area contributed by atoms with Gasteiger partial charge in [-0.1, -0.05) is 49.4 Å². The van der Waals surface area contributed by atoms with E-state index in [1.165, 1.54) is 36.8 Å². The van der Waals surface area contributed by atoms with Crippen LogP contribution in [0.5, 0.6) is 5.75 Å². The van der Waals surface area contributed by atoms with Crippen LogP contribution in [0.25, 0.3) is 27.7 Å². The number of rotatable bonds is 6. The fourth-order valence-corrected chi connectivity index (χ4v) is 5.20. The first-order chi connectivity index (χ1) is 16.4. The first-order valence-electron chi connectivity index (χ1n) is 12.6. The largest absolute Gasteiger partial charge is 0.493 e. The minimum atomic E-state index is -0.0219. The van der Waals surface area contributed by atoms with Gasteiger partial charge in [-0.15, -0.1) is 0 Å². The minimum Gasteiger partial charge on any atom is -0.493 e. The van der Waals surface area contributed by atoms with E-state index in [0.717, 1.165) is 57.4 Å². The minimum absolute atomic E-state index is 0.0219. The molecule has 4 heteroatoms. The number of carbonyl (C=O) groups is 1. The molecule has 2 aromatic carbocycles. The summed E-state index contributed by atoms with van der Waals surface area (Å²) in [5, 5.41) is 4.27. The van der Waals surface area contributed by atoms with Gasteiger partial charge in [-0.25, -0.2) is 0 Å². The van der Waals surface area contributed by atoms with Crippen LogP contribution in [0.1, 0.15) is 74.6 Å². The number of hydrogen-bond donors (Lipinski definition) is 1. The van der Waals surface area contributed by atoms with Gasteiger partial charge in [0, 0.05) is 34.2 Å². The van der Waals surface area contributed by atoms with Crippen molar-refractivity contribution in [2.45, 2.75) is 79.2 Å². The van der Waals surface area contributed by atoms with E-state index >= 15 is 0 Å². The lowest BCUT2D eigenvalue weighted by Gasteiger charge is -2.17. The van der Waals surface area contributed by atoms with Crippen molar-refractivity contribution >= 4 is 22.4 Å². The van der Waals surface area contributed by atoms with E-state index in [-0.39, 0.29) is 11.9 Å². The summed E-state index contributed by atoms with van der Waals surface area (Å²) in [7, 11) is 0. The number of carbonyl (C=O) groups excluding carboxylic acids is 1. The molecule has 1 N–H and O–H groups in total. The van der Waals surface area contributed by atoms with E-state index < -0.39 is 0 Å². The fourth-order valence-electron chi connectivity index (χ4n) is 5.20. The summed E-state index contributed by atoms with van der Waals surface area (Å²) in [5.74, 6) is 0.763. The van der Waals surface area contributed by atoms with Crippen LogP contribution >= 0.6 is 0 Å². The molecule has 4 nitrogen and oxygen atoms in total. The fraction of sp³-hybridized carbons (Fsp3) is 0.433. The molecule has 1 saturated carbocycles. The molecule has 0 aliphatic heterocycles. The lowest BCUT2D eigenvalue weighted by molar-refractivity contribution is -0.117. The zero-order valence-electron chi connectivity index (χ0n) is 21.2. The molecule has 0 unspecified atom stereocenters. The number of amides is 1. The molecule has 1 aliphatic rings. The molecule has 1 heterocycles. The highest BCUT2D eigenvalue weighted by atomic mass is 16.5. The van der Waals surface area contributed by atoms with Crippen molar-refractivity contribution in [2.24, 2.45) is 0 Å². The van der Waals surface area contributed by atoms with Gasteiger partial charge in [-0.05, 0) is 70.2 Å². The third-order valence-electron chi connectivity index (χ3n) is 6.98. The summed E-state index contributed by atoms with van der Waals surface area (Å²) < 4.78 is 12.1. The number of furan rings is 1. The highest BCUT2D eigenvalue weighted by Gasteiger charge is 2.20. The number of benzene rings is 2. The zero-order chi connectivity index (χ0) is 24.2. The molecular weight excluding hydrogens is 422 g/mol. The van der Waals surface area contributed by atoms with Gasteiger partial charge in [0.15, 0.2) is 0 Å². The summed E-state index contributed by atoms with van der Waals surface area (Å²) >= 11 is 0. The molecule has 0 saturated heterocycles. The summed E-state index contributed by atoms with van der Waals surface area (Å²) in [4.78, 5) is 12.9. The second-order valence-electron chi connectivity index (χ2n) is 9.68. The van der Waals surface area contributed by atoms with Gasteiger partial charge in [0.2, 0.25) is 5.91 Å². The van der Waals surface area contributed by atoms with Crippen molar-refractivity contribution in [3.05, 3.63) is 58.9 Å². The van der Waals surface area contributed by atoms with E-state index in [1.807, 2.05) is 27.0 Å².